The predicted molar refractivity (Wildman–Crippen MR) is 60.1 cm³/mol. The molecule has 90 valence electrons. The van der Waals surface area contributed by atoms with Crippen LogP contribution in [0.2, 0.25) is 0 Å². The highest BCUT2D eigenvalue weighted by atomic mass is 32.2. The fraction of sp³-hybridized carbons (Fsp3) is 1.00. The molecule has 0 amide bonds. The lowest BCUT2D eigenvalue weighted by molar-refractivity contribution is 0.151. The molecule has 0 aromatic heterocycles. The Balaban J connectivity index is 2.07. The molecule has 1 fully saturated rings. The zero-order valence-electron chi connectivity index (χ0n) is 9.52. The van der Waals surface area contributed by atoms with Crippen molar-refractivity contribution in [1.29, 1.82) is 0 Å². The van der Waals surface area contributed by atoms with Crippen LogP contribution in [0.3, 0.4) is 0 Å². The van der Waals surface area contributed by atoms with Gasteiger partial charge in [0.15, 0.2) is 0 Å². The van der Waals surface area contributed by atoms with Crippen molar-refractivity contribution in [2.24, 2.45) is 0 Å². The van der Waals surface area contributed by atoms with Gasteiger partial charge in [-0.3, -0.25) is 4.21 Å². The smallest absolute Gasteiger partial charge is 0.0206 e. The molecule has 0 spiro atoms. The third kappa shape index (κ3) is 5.03. The van der Waals surface area contributed by atoms with Gasteiger partial charge in [-0.25, -0.2) is 4.31 Å². The molecule has 0 bridgehead atoms. The first kappa shape index (κ1) is 13.1. The maximum atomic E-state index is 10.5. The number of piperazine rings is 1. The molecule has 0 saturated carbocycles. The number of nitrogens with zero attached hydrogens (tertiary/aromatic N) is 3. The van der Waals surface area contributed by atoms with Crippen LogP contribution in [-0.2, 0) is 11.3 Å². The van der Waals surface area contributed by atoms with Gasteiger partial charge in [0.25, 0.3) is 0 Å². The van der Waals surface area contributed by atoms with E-state index in [0.29, 0.717) is 6.54 Å². The molecule has 5 nitrogen and oxygen atoms in total. The zero-order valence-corrected chi connectivity index (χ0v) is 10.3. The molecule has 1 rings (SSSR count). The summed E-state index contributed by atoms with van der Waals surface area (Å²) < 4.78 is 22.4. The van der Waals surface area contributed by atoms with E-state index >= 15 is 0 Å². The summed E-state index contributed by atoms with van der Waals surface area (Å²) in [5.41, 5.74) is 0. The summed E-state index contributed by atoms with van der Waals surface area (Å²) in [5.74, 6) is 0. The fourth-order valence-electron chi connectivity index (χ4n) is 1.66. The van der Waals surface area contributed by atoms with Crippen molar-refractivity contribution in [3.05, 3.63) is 0 Å². The number of hydrogen-bond acceptors (Lipinski definition) is 4. The lowest BCUT2D eigenvalue weighted by Gasteiger charge is -2.32. The van der Waals surface area contributed by atoms with Crippen molar-refractivity contribution >= 4 is 11.3 Å². The highest BCUT2D eigenvalue weighted by Crippen LogP contribution is 2.00. The summed E-state index contributed by atoms with van der Waals surface area (Å²) in [5, 5.41) is 0. The fourth-order valence-corrected chi connectivity index (χ4v) is 1.94. The Morgan fingerprint density at radius 3 is 2.47 bits per heavy atom. The number of hydrogen-bond donors (Lipinski definition) is 0. The monoisotopic (exact) mass is 234 g/mol. The Hall–Kier alpha value is -0.0100. The largest absolute Gasteiger partial charge is 0.760 e. The molecule has 0 aliphatic carbocycles. The Morgan fingerprint density at radius 1 is 1.33 bits per heavy atom. The first-order valence-corrected chi connectivity index (χ1v) is 6.34. The second-order valence-corrected chi connectivity index (χ2v) is 5.12. The molecule has 1 aliphatic rings. The van der Waals surface area contributed by atoms with Crippen molar-refractivity contribution in [1.82, 2.24) is 14.1 Å². The van der Waals surface area contributed by atoms with Crippen molar-refractivity contribution < 1.29 is 8.76 Å². The summed E-state index contributed by atoms with van der Waals surface area (Å²) in [6.45, 7) is 6.03. The molecule has 0 radical (unpaired) electrons. The first-order chi connectivity index (χ1) is 7.09. The van der Waals surface area contributed by atoms with Crippen LogP contribution in [0, 0.1) is 0 Å². The van der Waals surface area contributed by atoms with E-state index < -0.39 is 11.3 Å². The Morgan fingerprint density at radius 2 is 1.93 bits per heavy atom. The van der Waals surface area contributed by atoms with E-state index in [1.807, 2.05) is 0 Å². The molecular formula is C9H20N3O2S-. The maximum absolute atomic E-state index is 10.5. The highest BCUT2D eigenvalue weighted by molar-refractivity contribution is 7.76. The molecule has 0 N–H and O–H groups in total. The minimum absolute atomic E-state index is 0.614. The third-order valence-corrected chi connectivity index (χ3v) is 3.49. The topological polar surface area (TPSA) is 49.8 Å². The second kappa shape index (κ2) is 6.55. The minimum Gasteiger partial charge on any atom is -0.760 e. The molecule has 0 aromatic rings. The van der Waals surface area contributed by atoms with Crippen molar-refractivity contribution in [2.45, 2.75) is 6.42 Å². The van der Waals surface area contributed by atoms with Crippen molar-refractivity contribution in [3.8, 4) is 0 Å². The van der Waals surface area contributed by atoms with Crippen LogP contribution in [0.4, 0.5) is 0 Å². The zero-order chi connectivity index (χ0) is 11.3. The Bertz CT molecular complexity index is 208. The summed E-state index contributed by atoms with van der Waals surface area (Å²) >= 11 is -2.07. The standard InChI is InChI=1S/C9H21N3O2S/c1-10-6-8-12(9-7-10)5-3-4-11(2)15(13)14/h3-9H2,1-2H3,(H,13,14)/p-1. The van der Waals surface area contributed by atoms with E-state index in [-0.39, 0.29) is 0 Å². The van der Waals surface area contributed by atoms with Crippen molar-refractivity contribution in [2.75, 3.05) is 53.4 Å². The molecular weight excluding hydrogens is 214 g/mol. The van der Waals surface area contributed by atoms with Gasteiger partial charge in [-0.2, -0.15) is 0 Å². The van der Waals surface area contributed by atoms with E-state index in [0.717, 1.165) is 39.1 Å². The van der Waals surface area contributed by atoms with E-state index in [2.05, 4.69) is 16.8 Å². The summed E-state index contributed by atoms with van der Waals surface area (Å²) in [6.07, 6.45) is 0.911. The van der Waals surface area contributed by atoms with Crippen LogP contribution in [0.5, 0.6) is 0 Å². The molecule has 6 heteroatoms. The summed E-state index contributed by atoms with van der Waals surface area (Å²) in [7, 11) is 3.73. The molecule has 1 unspecified atom stereocenters. The quantitative estimate of drug-likeness (QED) is 0.593. The SMILES string of the molecule is CN1CCN(CCCN(C)S(=O)[O-])CC1. The van der Waals surface area contributed by atoms with E-state index in [1.54, 1.807) is 7.05 Å². The van der Waals surface area contributed by atoms with Gasteiger partial charge >= 0.3 is 0 Å². The van der Waals surface area contributed by atoms with Gasteiger partial charge in [-0.05, 0) is 27.1 Å². The predicted octanol–water partition coefficient (Wildman–Crippen LogP) is -0.650. The number of likely N-dealkylation sites (N-methyl/N-ethyl adjacent to an activating group) is 1. The van der Waals surface area contributed by atoms with Gasteiger partial charge in [0.1, 0.15) is 0 Å². The molecule has 1 heterocycles. The van der Waals surface area contributed by atoms with E-state index in [1.165, 1.54) is 4.31 Å². The first-order valence-electron chi connectivity index (χ1n) is 5.31. The highest BCUT2D eigenvalue weighted by Gasteiger charge is 2.12. The van der Waals surface area contributed by atoms with Crippen LogP contribution in [0.1, 0.15) is 6.42 Å². The minimum atomic E-state index is -2.07. The molecule has 0 aromatic carbocycles. The average molecular weight is 234 g/mol. The van der Waals surface area contributed by atoms with Crippen molar-refractivity contribution in [3.63, 3.8) is 0 Å². The second-order valence-electron chi connectivity index (χ2n) is 4.07. The average Bonchev–Trinajstić information content (AvgIpc) is 2.20. The molecule has 1 saturated heterocycles. The number of rotatable bonds is 5. The van der Waals surface area contributed by atoms with E-state index in [4.69, 9.17) is 0 Å². The molecule has 1 atom stereocenters. The summed E-state index contributed by atoms with van der Waals surface area (Å²) in [4.78, 5) is 4.71. The van der Waals surface area contributed by atoms with E-state index in [9.17, 15) is 8.76 Å². The normalized spacial score (nSPS) is 22.1. The van der Waals surface area contributed by atoms with Crippen LogP contribution in [-0.4, -0.2) is 76.2 Å². The van der Waals surface area contributed by atoms with Crippen LogP contribution in [0.15, 0.2) is 0 Å². The molecule has 15 heavy (non-hydrogen) atoms. The van der Waals surface area contributed by atoms with Gasteiger partial charge in [0, 0.05) is 44.0 Å². The van der Waals surface area contributed by atoms with Gasteiger partial charge in [-0.15, -0.1) is 0 Å². The van der Waals surface area contributed by atoms with Crippen LogP contribution < -0.4 is 0 Å². The lowest BCUT2D eigenvalue weighted by atomic mass is 10.3. The Kier molecular flexibility index (Phi) is 5.70. The van der Waals surface area contributed by atoms with Gasteiger partial charge in [0.05, 0.1) is 0 Å². The van der Waals surface area contributed by atoms with Crippen LogP contribution in [0.25, 0.3) is 0 Å². The maximum Gasteiger partial charge on any atom is 0.0206 e. The van der Waals surface area contributed by atoms with Crippen LogP contribution >= 0.6 is 0 Å². The lowest BCUT2D eigenvalue weighted by Crippen LogP contribution is -2.45. The van der Waals surface area contributed by atoms with Gasteiger partial charge in [-0.1, -0.05) is 0 Å². The molecule has 1 aliphatic heterocycles. The Labute approximate surface area is 94.4 Å². The van der Waals surface area contributed by atoms with Gasteiger partial charge < -0.3 is 14.4 Å². The third-order valence-electron chi connectivity index (χ3n) is 2.80. The summed E-state index contributed by atoms with van der Waals surface area (Å²) in [6, 6.07) is 0. The van der Waals surface area contributed by atoms with Gasteiger partial charge in [0.2, 0.25) is 0 Å².